The number of morpholine rings is 1. The fourth-order valence-electron chi connectivity index (χ4n) is 2.87. The first-order valence-corrected chi connectivity index (χ1v) is 9.49. The molecular formula is C18H26N4OS. The van der Waals surface area contributed by atoms with Crippen molar-refractivity contribution in [3.63, 3.8) is 0 Å². The first-order chi connectivity index (χ1) is 11.7. The van der Waals surface area contributed by atoms with Crippen molar-refractivity contribution < 1.29 is 4.74 Å². The number of ether oxygens (including phenoxy) is 1. The van der Waals surface area contributed by atoms with Gasteiger partial charge in [0.2, 0.25) is 0 Å². The first kappa shape index (κ1) is 17.5. The van der Waals surface area contributed by atoms with Crippen LogP contribution in [0, 0.1) is 0 Å². The Morgan fingerprint density at radius 2 is 2.08 bits per heavy atom. The third-order valence-electron chi connectivity index (χ3n) is 4.29. The van der Waals surface area contributed by atoms with E-state index in [0.717, 1.165) is 50.1 Å². The molecule has 3 heterocycles. The maximum atomic E-state index is 5.49. The summed E-state index contributed by atoms with van der Waals surface area (Å²) in [6.07, 6.45) is 1.87. The van der Waals surface area contributed by atoms with Gasteiger partial charge in [-0.15, -0.1) is 11.3 Å². The third-order valence-corrected chi connectivity index (χ3v) is 5.16. The monoisotopic (exact) mass is 346 g/mol. The van der Waals surface area contributed by atoms with Gasteiger partial charge in [-0.1, -0.05) is 19.9 Å². The fraction of sp³-hybridized carbons (Fsp3) is 0.556. The minimum Gasteiger partial charge on any atom is -0.379 e. The van der Waals surface area contributed by atoms with Crippen LogP contribution in [0.3, 0.4) is 0 Å². The van der Waals surface area contributed by atoms with Crippen LogP contribution in [0.2, 0.25) is 0 Å². The van der Waals surface area contributed by atoms with E-state index in [1.807, 2.05) is 12.3 Å². The molecule has 0 aliphatic carbocycles. The molecule has 6 heteroatoms. The Hall–Kier alpha value is -1.34. The van der Waals surface area contributed by atoms with E-state index in [1.165, 1.54) is 5.69 Å². The van der Waals surface area contributed by atoms with Crippen molar-refractivity contribution in [3.8, 4) is 0 Å². The van der Waals surface area contributed by atoms with E-state index in [9.17, 15) is 0 Å². The summed E-state index contributed by atoms with van der Waals surface area (Å²) >= 11 is 1.74. The Bertz CT molecular complexity index is 610. The van der Waals surface area contributed by atoms with E-state index in [2.05, 4.69) is 46.6 Å². The zero-order valence-corrected chi connectivity index (χ0v) is 15.3. The molecule has 24 heavy (non-hydrogen) atoms. The molecule has 1 aliphatic heterocycles. The third kappa shape index (κ3) is 4.60. The van der Waals surface area contributed by atoms with Gasteiger partial charge in [-0.2, -0.15) is 0 Å². The number of nitrogens with zero attached hydrogens (tertiary/aromatic N) is 3. The lowest BCUT2D eigenvalue weighted by Gasteiger charge is -2.34. The van der Waals surface area contributed by atoms with Crippen molar-refractivity contribution in [2.75, 3.05) is 32.8 Å². The van der Waals surface area contributed by atoms with Gasteiger partial charge in [0.1, 0.15) is 5.01 Å². The summed E-state index contributed by atoms with van der Waals surface area (Å²) in [7, 11) is 0. The topological polar surface area (TPSA) is 50.3 Å². The zero-order chi connectivity index (χ0) is 16.8. The van der Waals surface area contributed by atoms with Gasteiger partial charge in [0.15, 0.2) is 0 Å². The Morgan fingerprint density at radius 1 is 1.25 bits per heavy atom. The second-order valence-electron chi connectivity index (χ2n) is 6.37. The Labute approximate surface area is 148 Å². The van der Waals surface area contributed by atoms with Crippen LogP contribution in [0.4, 0.5) is 0 Å². The van der Waals surface area contributed by atoms with E-state index in [0.29, 0.717) is 5.92 Å². The maximum absolute atomic E-state index is 5.49. The molecule has 1 atom stereocenters. The SMILES string of the molecule is CC(C)c1csc(CNCC(c2ccccn2)N2CCOCC2)n1. The lowest BCUT2D eigenvalue weighted by Crippen LogP contribution is -2.43. The predicted octanol–water partition coefficient (Wildman–Crippen LogP) is 2.82. The number of pyridine rings is 1. The molecule has 0 bridgehead atoms. The molecule has 5 nitrogen and oxygen atoms in total. The predicted molar refractivity (Wildman–Crippen MR) is 97.3 cm³/mol. The van der Waals surface area contributed by atoms with Crippen LogP contribution >= 0.6 is 11.3 Å². The summed E-state index contributed by atoms with van der Waals surface area (Å²) in [4.78, 5) is 11.7. The minimum absolute atomic E-state index is 0.277. The number of hydrogen-bond acceptors (Lipinski definition) is 6. The van der Waals surface area contributed by atoms with Gasteiger partial charge in [0, 0.05) is 37.8 Å². The van der Waals surface area contributed by atoms with E-state index in [4.69, 9.17) is 9.72 Å². The molecule has 1 aliphatic rings. The number of aromatic nitrogens is 2. The smallest absolute Gasteiger partial charge is 0.107 e. The van der Waals surface area contributed by atoms with E-state index in [1.54, 1.807) is 11.3 Å². The Balaban J connectivity index is 1.61. The normalized spacial score (nSPS) is 17.3. The summed E-state index contributed by atoms with van der Waals surface area (Å²) in [5, 5.41) is 6.89. The molecule has 1 N–H and O–H groups in total. The molecule has 1 fully saturated rings. The van der Waals surface area contributed by atoms with Gasteiger partial charge < -0.3 is 10.1 Å². The van der Waals surface area contributed by atoms with Crippen LogP contribution in [0.5, 0.6) is 0 Å². The lowest BCUT2D eigenvalue weighted by molar-refractivity contribution is 0.0152. The van der Waals surface area contributed by atoms with Crippen LogP contribution in [0.25, 0.3) is 0 Å². The number of hydrogen-bond donors (Lipinski definition) is 1. The van der Waals surface area contributed by atoms with Crippen molar-refractivity contribution in [2.45, 2.75) is 32.4 Å². The summed E-state index contributed by atoms with van der Waals surface area (Å²) < 4.78 is 5.49. The maximum Gasteiger partial charge on any atom is 0.107 e. The molecule has 0 aromatic carbocycles. The molecule has 0 spiro atoms. The molecule has 0 radical (unpaired) electrons. The fourth-order valence-corrected chi connectivity index (χ4v) is 3.80. The van der Waals surface area contributed by atoms with Crippen LogP contribution in [0.15, 0.2) is 29.8 Å². The molecular weight excluding hydrogens is 320 g/mol. The Morgan fingerprint density at radius 3 is 2.75 bits per heavy atom. The average Bonchev–Trinajstić information content (AvgIpc) is 3.09. The summed E-state index contributed by atoms with van der Waals surface area (Å²) in [6, 6.07) is 6.42. The molecule has 2 aromatic heterocycles. The zero-order valence-electron chi connectivity index (χ0n) is 14.4. The Kier molecular flexibility index (Phi) is 6.31. The standard InChI is InChI=1S/C18H26N4OS/c1-14(2)16-13-24-18(21-16)12-19-11-17(15-5-3-4-6-20-15)22-7-9-23-10-8-22/h3-6,13-14,17,19H,7-12H2,1-2H3. The first-order valence-electron chi connectivity index (χ1n) is 8.62. The highest BCUT2D eigenvalue weighted by atomic mass is 32.1. The van der Waals surface area contributed by atoms with E-state index < -0.39 is 0 Å². The van der Waals surface area contributed by atoms with E-state index >= 15 is 0 Å². The highest BCUT2D eigenvalue weighted by Crippen LogP contribution is 2.20. The quantitative estimate of drug-likeness (QED) is 0.835. The highest BCUT2D eigenvalue weighted by Gasteiger charge is 2.23. The van der Waals surface area contributed by atoms with Crippen LogP contribution in [-0.2, 0) is 11.3 Å². The van der Waals surface area contributed by atoms with Crippen LogP contribution in [0.1, 0.15) is 42.2 Å². The lowest BCUT2D eigenvalue weighted by atomic mass is 10.1. The number of thiazole rings is 1. The number of nitrogens with one attached hydrogen (secondary N) is 1. The van der Waals surface area contributed by atoms with Crippen LogP contribution < -0.4 is 5.32 Å². The molecule has 0 amide bonds. The van der Waals surface area contributed by atoms with Crippen LogP contribution in [-0.4, -0.2) is 47.7 Å². The summed E-state index contributed by atoms with van der Waals surface area (Å²) in [5.74, 6) is 0.490. The molecule has 130 valence electrons. The average molecular weight is 347 g/mol. The van der Waals surface area contributed by atoms with Crippen molar-refractivity contribution in [1.82, 2.24) is 20.2 Å². The summed E-state index contributed by atoms with van der Waals surface area (Å²) in [6.45, 7) is 9.55. The minimum atomic E-state index is 0.277. The van der Waals surface area contributed by atoms with Gasteiger partial charge in [0.05, 0.1) is 30.6 Å². The van der Waals surface area contributed by atoms with Crippen molar-refractivity contribution >= 4 is 11.3 Å². The van der Waals surface area contributed by atoms with Crippen molar-refractivity contribution in [2.24, 2.45) is 0 Å². The van der Waals surface area contributed by atoms with Gasteiger partial charge in [-0.3, -0.25) is 9.88 Å². The summed E-state index contributed by atoms with van der Waals surface area (Å²) in [5.41, 5.74) is 2.31. The molecule has 2 aromatic rings. The number of rotatable bonds is 7. The molecule has 3 rings (SSSR count). The molecule has 1 saturated heterocycles. The second-order valence-corrected chi connectivity index (χ2v) is 7.31. The largest absolute Gasteiger partial charge is 0.379 e. The van der Waals surface area contributed by atoms with Gasteiger partial charge in [-0.25, -0.2) is 4.98 Å². The highest BCUT2D eigenvalue weighted by molar-refractivity contribution is 7.09. The van der Waals surface area contributed by atoms with Gasteiger partial charge in [0.25, 0.3) is 0 Å². The molecule has 1 unspecified atom stereocenters. The van der Waals surface area contributed by atoms with E-state index in [-0.39, 0.29) is 6.04 Å². The molecule has 0 saturated carbocycles. The van der Waals surface area contributed by atoms with Crippen molar-refractivity contribution in [1.29, 1.82) is 0 Å². The van der Waals surface area contributed by atoms with Gasteiger partial charge in [-0.05, 0) is 18.1 Å². The van der Waals surface area contributed by atoms with Gasteiger partial charge >= 0.3 is 0 Å². The second kappa shape index (κ2) is 8.67. The van der Waals surface area contributed by atoms with Crippen molar-refractivity contribution in [3.05, 3.63) is 46.2 Å².